The van der Waals surface area contributed by atoms with E-state index in [-0.39, 0.29) is 11.8 Å². The maximum absolute atomic E-state index is 12.1. The highest BCUT2D eigenvalue weighted by Gasteiger charge is 2.43. The van der Waals surface area contributed by atoms with Gasteiger partial charge in [0.1, 0.15) is 17.9 Å². The Morgan fingerprint density at radius 2 is 1.33 bits per heavy atom. The summed E-state index contributed by atoms with van der Waals surface area (Å²) in [6.45, 7) is 17.4. The molecule has 2 fully saturated rings. The van der Waals surface area contributed by atoms with Gasteiger partial charge in [0, 0.05) is 0 Å². The molecular weight excluding hydrogens is 856 g/mol. The lowest BCUT2D eigenvalue weighted by molar-refractivity contribution is -0.125. The summed E-state index contributed by atoms with van der Waals surface area (Å²) in [5.41, 5.74) is 7.48. The largest absolute Gasteiger partial charge is 0.360 e. The zero-order chi connectivity index (χ0) is 29.2. The molecule has 1 unspecified atom stereocenters. The Hall–Kier alpha value is -1.24. The third-order valence-electron chi connectivity index (χ3n) is 6.44. The van der Waals surface area contributed by atoms with Crippen LogP contribution in [0.25, 0.3) is 9.69 Å². The molecule has 39 heavy (non-hydrogen) atoms. The minimum Gasteiger partial charge on any atom is -0.360 e. The average molecular weight is 886 g/mol. The van der Waals surface area contributed by atoms with Crippen molar-refractivity contribution in [2.75, 3.05) is 10.6 Å². The third-order valence-corrected chi connectivity index (χ3v) is 7.00. The maximum Gasteiger partial charge on any atom is 0.272 e. The molecule has 10 nitrogen and oxygen atoms in total. The number of carbonyl (C=O) groups excluding carboxylic acids is 2. The van der Waals surface area contributed by atoms with Crippen LogP contribution >= 0.6 is 77.2 Å². The Bertz CT molecular complexity index is 1260. The number of nitrogens with two attached hydrogens (primary N) is 1. The van der Waals surface area contributed by atoms with Gasteiger partial charge < -0.3 is 26.1 Å². The lowest BCUT2D eigenvalue weighted by atomic mass is 9.77. The number of amides is 2. The van der Waals surface area contributed by atoms with E-state index in [1.165, 1.54) is 12.4 Å². The Morgan fingerprint density at radius 1 is 0.923 bits per heavy atom. The summed E-state index contributed by atoms with van der Waals surface area (Å²) in [6.07, 6.45) is 8.20. The molecule has 0 radical (unpaired) electrons. The lowest BCUT2D eigenvalue weighted by Gasteiger charge is -2.39. The fraction of sp³-hybridized carbons (Fsp3) is 0.440. The van der Waals surface area contributed by atoms with Crippen molar-refractivity contribution in [3.8, 4) is 0 Å². The van der Waals surface area contributed by atoms with Crippen LogP contribution in [-0.4, -0.2) is 32.8 Å². The second-order valence-electron chi connectivity index (χ2n) is 9.20. The predicted octanol–water partition coefficient (Wildman–Crippen LogP) is 6.52. The number of anilines is 2. The monoisotopic (exact) mass is 886 g/mol. The van der Waals surface area contributed by atoms with Gasteiger partial charge in [-0.25, -0.2) is 0 Å². The van der Waals surface area contributed by atoms with Gasteiger partial charge in [-0.3, -0.25) is 14.7 Å². The van der Waals surface area contributed by atoms with Crippen molar-refractivity contribution in [2.45, 2.75) is 63.4 Å². The Balaban J connectivity index is 0.000000241. The van der Waals surface area contributed by atoms with E-state index in [2.05, 4.69) is 113 Å². The Labute approximate surface area is 272 Å². The number of aryl methyl sites for hydroxylation is 2. The summed E-state index contributed by atoms with van der Waals surface area (Å²) < 4.78 is 0.743. The van der Waals surface area contributed by atoms with Crippen molar-refractivity contribution in [1.82, 2.24) is 15.1 Å². The number of hydrogen-bond acceptors (Lipinski definition) is 6. The second-order valence-corrected chi connectivity index (χ2v) is 20.4. The van der Waals surface area contributed by atoms with E-state index in [1.807, 2.05) is 6.92 Å². The Morgan fingerprint density at radius 3 is 1.62 bits per heavy atom. The fourth-order valence-corrected chi connectivity index (χ4v) is 4.18. The van der Waals surface area contributed by atoms with Crippen molar-refractivity contribution in [2.24, 2.45) is 5.73 Å². The van der Waals surface area contributed by atoms with E-state index in [0.717, 1.165) is 49.6 Å². The molecule has 2 amide bonds. The van der Waals surface area contributed by atoms with Gasteiger partial charge in [-0.05, 0) is 75.6 Å². The van der Waals surface area contributed by atoms with Crippen LogP contribution in [0.4, 0.5) is 23.0 Å². The van der Waals surface area contributed by atoms with Gasteiger partial charge in [0.2, 0.25) is 11.8 Å². The molecular formula is C25H30I3N8O2P. The predicted molar refractivity (Wildman–Crippen MR) is 184 cm³/mol. The van der Waals surface area contributed by atoms with Crippen LogP contribution in [0, 0.1) is 27.0 Å². The highest BCUT2D eigenvalue weighted by Crippen LogP contribution is 2.34. The van der Waals surface area contributed by atoms with E-state index in [9.17, 15) is 9.59 Å². The number of halogens is 3. The van der Waals surface area contributed by atoms with E-state index < -0.39 is 11.1 Å². The van der Waals surface area contributed by atoms with Crippen LogP contribution in [0.2, 0.25) is 0 Å². The van der Waals surface area contributed by atoms with Crippen molar-refractivity contribution >= 4 is 112 Å². The fourth-order valence-electron chi connectivity index (χ4n) is 3.76. The smallest absolute Gasteiger partial charge is 0.272 e. The summed E-state index contributed by atoms with van der Waals surface area (Å²) >= 11 is 6.95. The van der Waals surface area contributed by atoms with E-state index >= 15 is 0 Å². The molecule has 2 heterocycles. The molecule has 5 N–H and O–H groups in total. The summed E-state index contributed by atoms with van der Waals surface area (Å²) in [4.78, 5) is 38.5. The van der Waals surface area contributed by atoms with E-state index in [1.54, 1.807) is 19.1 Å². The number of nitrogens with zero attached hydrogens (tertiary/aromatic N) is 4. The average Bonchev–Trinajstić information content (AvgIpc) is 2.82. The molecule has 0 saturated heterocycles. The molecule has 208 valence electrons. The van der Waals surface area contributed by atoms with Gasteiger partial charge in [0.05, 0.1) is 16.9 Å². The van der Waals surface area contributed by atoms with Crippen LogP contribution in [0.1, 0.15) is 49.7 Å². The van der Waals surface area contributed by atoms with Gasteiger partial charge >= 0.3 is 0 Å². The zero-order valence-electron chi connectivity index (χ0n) is 21.5. The molecule has 1 atom stereocenters. The first-order chi connectivity index (χ1) is 18.4. The first kappa shape index (κ1) is 34.0. The van der Waals surface area contributed by atoms with Crippen molar-refractivity contribution in [3.05, 3.63) is 58.5 Å². The minimum atomic E-state index is -0.716. The third kappa shape index (κ3) is 9.67. The number of aromatic nitrogens is 2. The molecule has 0 aromatic carbocycles. The van der Waals surface area contributed by atoms with Crippen molar-refractivity contribution in [1.29, 1.82) is 0 Å². The molecule has 2 aliphatic rings. The van der Waals surface area contributed by atoms with E-state index in [0.29, 0.717) is 23.0 Å². The molecule has 0 aliphatic heterocycles. The lowest BCUT2D eigenvalue weighted by Crippen LogP contribution is -2.56. The maximum atomic E-state index is 12.1. The normalized spacial score (nSPS) is 15.8. The molecule has 14 heteroatoms. The van der Waals surface area contributed by atoms with Gasteiger partial charge in [0.15, 0.2) is 0 Å². The van der Waals surface area contributed by atoms with E-state index in [4.69, 9.17) is 18.9 Å². The summed E-state index contributed by atoms with van der Waals surface area (Å²) in [7, 11) is 2.41. The van der Waals surface area contributed by atoms with Crippen LogP contribution in [-0.2, 0) is 9.59 Å². The summed E-state index contributed by atoms with van der Waals surface area (Å²) in [6, 6.07) is 3.51. The summed E-state index contributed by atoms with van der Waals surface area (Å²) in [5, 5.41) is 8.60. The number of hydrogen-bond donors (Lipinski definition) is 4. The number of carbonyl (C=O) groups is 2. The molecule has 2 aromatic rings. The van der Waals surface area contributed by atoms with Gasteiger partial charge in [-0.15, -0.1) is 9.97 Å². The van der Waals surface area contributed by atoms with Crippen LogP contribution in [0.15, 0.2) is 24.5 Å². The molecule has 0 spiro atoms. The second kappa shape index (κ2) is 15.7. The standard InChI is InChI=1S/C12H15N4OP.C12H14N4O.CHI3/c1-8-6-9(7-14-10(8)13-2)15-11(17)12(16-18)4-3-5-12;1-8-6-9(7-15-10(8)14-2)16-11(17)12(13)4-3-5-12;2-1(3)4/h6-7,16H,3-5,18H2,1H3,(H,15,17);6-7H,3-5,13H2,1H3,(H,16,17);1H. The number of rotatable bonds is 5. The first-order valence-corrected chi connectivity index (χ1v) is 16.2. The van der Waals surface area contributed by atoms with Crippen LogP contribution in [0.3, 0.4) is 0 Å². The topological polar surface area (TPSA) is 131 Å². The first-order valence-electron chi connectivity index (χ1n) is 11.9. The van der Waals surface area contributed by atoms with Gasteiger partial charge in [-0.1, -0.05) is 90.3 Å². The molecule has 4 rings (SSSR count). The molecule has 2 aliphatic carbocycles. The molecule has 2 saturated carbocycles. The zero-order valence-corrected chi connectivity index (χ0v) is 29.2. The minimum absolute atomic E-state index is 0.0412. The molecule has 0 bridgehead atoms. The van der Waals surface area contributed by atoms with Crippen LogP contribution < -0.4 is 21.5 Å². The number of pyridine rings is 2. The van der Waals surface area contributed by atoms with Crippen molar-refractivity contribution in [3.63, 3.8) is 0 Å². The Kier molecular flexibility index (Phi) is 13.7. The molecule has 2 aromatic heterocycles. The van der Waals surface area contributed by atoms with Gasteiger partial charge in [-0.2, -0.15) is 0 Å². The highest BCUT2D eigenvalue weighted by molar-refractivity contribution is 14.3. The summed E-state index contributed by atoms with van der Waals surface area (Å²) in [5.74, 6) is 0.519. The quantitative estimate of drug-likeness (QED) is 0.117. The van der Waals surface area contributed by atoms with Gasteiger partial charge in [0.25, 0.3) is 11.6 Å². The number of alkyl halides is 3. The SMILES string of the molecule is IC(I)I.[C-]#[N+]c1ncc(NC(=O)C2(N)CCC2)cc1C.[C-]#[N+]c1ncc(NC(=O)C2(NP)CCC2)cc1C. The van der Waals surface area contributed by atoms with Crippen LogP contribution in [0.5, 0.6) is 0 Å². The number of nitrogens with one attached hydrogen (secondary N) is 3. The highest BCUT2D eigenvalue weighted by atomic mass is 127. The van der Waals surface area contributed by atoms with Crippen molar-refractivity contribution < 1.29 is 9.59 Å².